The maximum absolute atomic E-state index is 13.0. The van der Waals surface area contributed by atoms with Crippen molar-refractivity contribution < 1.29 is 4.79 Å². The Kier molecular flexibility index (Phi) is 7.20. The van der Waals surface area contributed by atoms with Gasteiger partial charge in [0.25, 0.3) is 5.91 Å². The molecule has 0 fully saturated rings. The molecule has 2 heterocycles. The van der Waals surface area contributed by atoms with Crippen molar-refractivity contribution in [3.8, 4) is 0 Å². The Morgan fingerprint density at radius 2 is 2.00 bits per heavy atom. The first-order valence-corrected chi connectivity index (χ1v) is 12.4. The van der Waals surface area contributed by atoms with E-state index in [-0.39, 0.29) is 5.91 Å². The van der Waals surface area contributed by atoms with E-state index < -0.39 is 0 Å². The third-order valence-electron chi connectivity index (χ3n) is 5.64. The largest absolute Gasteiger partial charge is 0.350 e. The number of carbonyl (C=O) groups is 1. The summed E-state index contributed by atoms with van der Waals surface area (Å²) in [7, 11) is 0. The second kappa shape index (κ2) is 10.2. The number of amides is 1. The van der Waals surface area contributed by atoms with Crippen LogP contribution in [-0.4, -0.2) is 34.9 Å². The topological polar surface area (TPSA) is 45.2 Å². The molecule has 4 nitrogen and oxygen atoms in total. The van der Waals surface area contributed by atoms with Crippen molar-refractivity contribution in [3.05, 3.63) is 81.8 Å². The monoisotopic (exact) mass is 437 g/mol. The Morgan fingerprint density at radius 1 is 1.20 bits per heavy atom. The highest BCUT2D eigenvalue weighted by Gasteiger charge is 2.23. The molecule has 4 rings (SSSR count). The van der Waals surface area contributed by atoms with E-state index in [2.05, 4.69) is 51.8 Å². The lowest BCUT2D eigenvalue weighted by molar-refractivity contribution is 0.0923. The van der Waals surface area contributed by atoms with E-state index in [9.17, 15) is 4.79 Å². The van der Waals surface area contributed by atoms with Gasteiger partial charge in [0.2, 0.25) is 0 Å². The molecule has 1 aliphatic heterocycles. The summed E-state index contributed by atoms with van der Waals surface area (Å²) in [5.41, 5.74) is 6.52. The van der Waals surface area contributed by atoms with Crippen LogP contribution in [0.15, 0.2) is 64.3 Å². The van der Waals surface area contributed by atoms with Crippen molar-refractivity contribution >= 4 is 29.0 Å². The number of fused-ring (bicyclic) bond motifs is 1. The lowest BCUT2D eigenvalue weighted by Gasteiger charge is -2.35. The first-order chi connectivity index (χ1) is 14.7. The molecule has 0 saturated carbocycles. The van der Waals surface area contributed by atoms with Crippen LogP contribution in [0.4, 0.5) is 0 Å². The molecule has 0 aliphatic carbocycles. The van der Waals surface area contributed by atoms with Gasteiger partial charge in [-0.3, -0.25) is 9.69 Å². The Bertz CT molecular complexity index is 974. The van der Waals surface area contributed by atoms with Crippen LogP contribution in [0.2, 0.25) is 0 Å². The van der Waals surface area contributed by atoms with E-state index in [0.29, 0.717) is 12.6 Å². The second-order valence-corrected chi connectivity index (χ2v) is 9.26. The predicted octanol–water partition coefficient (Wildman–Crippen LogP) is 5.00. The number of thioether (sulfide) groups is 1. The minimum absolute atomic E-state index is 0.00670. The Morgan fingerprint density at radius 3 is 2.80 bits per heavy atom. The van der Waals surface area contributed by atoms with Gasteiger partial charge in [0.05, 0.1) is 16.8 Å². The van der Waals surface area contributed by atoms with Crippen LogP contribution in [-0.2, 0) is 18.7 Å². The van der Waals surface area contributed by atoms with Crippen molar-refractivity contribution in [3.63, 3.8) is 0 Å². The molecule has 1 N–H and O–H groups in total. The average molecular weight is 438 g/mol. The molecular formula is C24H27N3OS2. The number of rotatable bonds is 8. The Hall–Kier alpha value is -2.15. The molecule has 156 valence electrons. The van der Waals surface area contributed by atoms with E-state index in [1.54, 1.807) is 23.1 Å². The maximum atomic E-state index is 13.0. The zero-order valence-corrected chi connectivity index (χ0v) is 18.8. The maximum Gasteiger partial charge on any atom is 0.252 e. The van der Waals surface area contributed by atoms with E-state index >= 15 is 0 Å². The van der Waals surface area contributed by atoms with Crippen LogP contribution in [0.1, 0.15) is 40.5 Å². The van der Waals surface area contributed by atoms with Crippen LogP contribution in [0.3, 0.4) is 0 Å². The SMILES string of the molecule is CCC(CNC(=O)c1ccccc1SCc1cscn1)N1CCc2ccccc2C1. The van der Waals surface area contributed by atoms with Crippen molar-refractivity contribution in [1.29, 1.82) is 0 Å². The van der Waals surface area contributed by atoms with Gasteiger partial charge >= 0.3 is 0 Å². The van der Waals surface area contributed by atoms with Crippen LogP contribution in [0, 0.1) is 0 Å². The molecule has 6 heteroatoms. The van der Waals surface area contributed by atoms with Gasteiger partial charge in [-0.15, -0.1) is 23.1 Å². The van der Waals surface area contributed by atoms with Crippen molar-refractivity contribution in [1.82, 2.24) is 15.2 Å². The highest BCUT2D eigenvalue weighted by molar-refractivity contribution is 7.98. The molecule has 1 unspecified atom stereocenters. The molecule has 1 atom stereocenters. The van der Waals surface area contributed by atoms with Gasteiger partial charge in [-0.1, -0.05) is 43.3 Å². The minimum Gasteiger partial charge on any atom is -0.350 e. The molecular weight excluding hydrogens is 410 g/mol. The van der Waals surface area contributed by atoms with Crippen LogP contribution >= 0.6 is 23.1 Å². The summed E-state index contributed by atoms with van der Waals surface area (Å²) in [6, 6.07) is 16.9. The number of benzene rings is 2. The predicted molar refractivity (Wildman–Crippen MR) is 125 cm³/mol. The van der Waals surface area contributed by atoms with E-state index in [4.69, 9.17) is 0 Å². The lowest BCUT2D eigenvalue weighted by Crippen LogP contribution is -2.45. The lowest BCUT2D eigenvalue weighted by atomic mass is 9.98. The van der Waals surface area contributed by atoms with Gasteiger partial charge in [0.1, 0.15) is 0 Å². The highest BCUT2D eigenvalue weighted by Crippen LogP contribution is 2.26. The van der Waals surface area contributed by atoms with Crippen molar-refractivity contribution in [2.24, 2.45) is 0 Å². The summed E-state index contributed by atoms with van der Waals surface area (Å²) < 4.78 is 0. The Labute approximate surface area is 186 Å². The third-order valence-corrected chi connectivity index (χ3v) is 7.38. The summed E-state index contributed by atoms with van der Waals surface area (Å²) in [6.07, 6.45) is 2.10. The molecule has 30 heavy (non-hydrogen) atoms. The van der Waals surface area contributed by atoms with Crippen LogP contribution < -0.4 is 5.32 Å². The molecule has 0 saturated heterocycles. The van der Waals surface area contributed by atoms with Gasteiger partial charge in [-0.25, -0.2) is 4.98 Å². The first kappa shape index (κ1) is 21.1. The van der Waals surface area contributed by atoms with Crippen LogP contribution in [0.25, 0.3) is 0 Å². The van der Waals surface area contributed by atoms with Gasteiger partial charge in [-0.2, -0.15) is 0 Å². The molecule has 2 aromatic carbocycles. The van der Waals surface area contributed by atoms with Crippen molar-refractivity contribution in [2.45, 2.75) is 43.0 Å². The van der Waals surface area contributed by atoms with Gasteiger partial charge in [0.15, 0.2) is 0 Å². The number of aromatic nitrogens is 1. The molecule has 3 aromatic rings. The first-order valence-electron chi connectivity index (χ1n) is 10.4. The summed E-state index contributed by atoms with van der Waals surface area (Å²) >= 11 is 3.27. The fourth-order valence-electron chi connectivity index (χ4n) is 3.91. The molecule has 0 spiro atoms. The number of hydrogen-bond donors (Lipinski definition) is 1. The molecule has 1 aromatic heterocycles. The quantitative estimate of drug-likeness (QED) is 0.504. The van der Waals surface area contributed by atoms with Gasteiger partial charge in [0, 0.05) is 41.7 Å². The minimum atomic E-state index is 0.00670. The number of thiazole rings is 1. The standard InChI is InChI=1S/C24H27N3OS2/c1-2-21(27-12-11-18-7-3-4-8-19(18)14-27)13-25-24(28)22-9-5-6-10-23(22)30-16-20-15-29-17-26-20/h3-10,15,17,21H,2,11-14,16H2,1H3,(H,25,28). The molecule has 1 aliphatic rings. The third kappa shape index (κ3) is 5.12. The number of hydrogen-bond acceptors (Lipinski definition) is 5. The fourth-order valence-corrected chi connectivity index (χ4v) is 5.52. The summed E-state index contributed by atoms with van der Waals surface area (Å²) in [4.78, 5) is 20.8. The van der Waals surface area contributed by atoms with E-state index in [1.165, 1.54) is 11.1 Å². The Balaban J connectivity index is 1.37. The summed E-state index contributed by atoms with van der Waals surface area (Å²) in [6.45, 7) is 4.88. The van der Waals surface area contributed by atoms with Gasteiger partial charge < -0.3 is 5.32 Å². The highest BCUT2D eigenvalue weighted by atomic mass is 32.2. The number of nitrogens with one attached hydrogen (secondary N) is 1. The average Bonchev–Trinajstić information content (AvgIpc) is 3.32. The zero-order chi connectivity index (χ0) is 20.8. The van der Waals surface area contributed by atoms with E-state index in [1.807, 2.05) is 29.8 Å². The molecule has 1 amide bonds. The number of carbonyl (C=O) groups excluding carboxylic acids is 1. The molecule has 0 radical (unpaired) electrons. The van der Waals surface area contributed by atoms with Crippen LogP contribution in [0.5, 0.6) is 0 Å². The van der Waals surface area contributed by atoms with Crippen molar-refractivity contribution in [2.75, 3.05) is 13.1 Å². The molecule has 0 bridgehead atoms. The number of nitrogens with zero attached hydrogens (tertiary/aromatic N) is 2. The van der Waals surface area contributed by atoms with Gasteiger partial charge in [-0.05, 0) is 36.1 Å². The normalized spacial score (nSPS) is 14.8. The summed E-state index contributed by atoms with van der Waals surface area (Å²) in [5.74, 6) is 0.783. The fraction of sp³-hybridized carbons (Fsp3) is 0.333. The smallest absolute Gasteiger partial charge is 0.252 e. The van der Waals surface area contributed by atoms with E-state index in [0.717, 1.165) is 47.8 Å². The zero-order valence-electron chi connectivity index (χ0n) is 17.2. The summed E-state index contributed by atoms with van der Waals surface area (Å²) in [5, 5.41) is 5.25. The second-order valence-electron chi connectivity index (χ2n) is 7.53.